The average molecular weight is 302 g/mol. The highest BCUT2D eigenvalue weighted by molar-refractivity contribution is 5.89. The smallest absolute Gasteiger partial charge is 0.338 e. The van der Waals surface area contributed by atoms with Gasteiger partial charge in [-0.15, -0.1) is 0 Å². The number of carbonyl (C=O) groups excluding carboxylic acids is 2. The van der Waals surface area contributed by atoms with E-state index in [0.29, 0.717) is 18.6 Å². The number of hydrogen-bond donors (Lipinski definition) is 0. The van der Waals surface area contributed by atoms with Gasteiger partial charge >= 0.3 is 5.97 Å². The molecule has 22 heavy (non-hydrogen) atoms. The Labute approximate surface area is 133 Å². The van der Waals surface area contributed by atoms with Gasteiger partial charge in [-0.2, -0.15) is 0 Å². The molecular formula is C19H26O3. The van der Waals surface area contributed by atoms with Crippen molar-refractivity contribution in [2.24, 2.45) is 0 Å². The molecule has 3 heteroatoms. The highest BCUT2D eigenvalue weighted by Crippen LogP contribution is 2.12. The summed E-state index contributed by atoms with van der Waals surface area (Å²) in [6, 6.07) is 7.57. The predicted molar refractivity (Wildman–Crippen MR) is 89.0 cm³/mol. The summed E-state index contributed by atoms with van der Waals surface area (Å²) in [5.74, 6) is -0.00539. The van der Waals surface area contributed by atoms with E-state index in [-0.39, 0.29) is 11.8 Å². The summed E-state index contributed by atoms with van der Waals surface area (Å²) in [7, 11) is 0. The summed E-state index contributed by atoms with van der Waals surface area (Å²) >= 11 is 0. The zero-order chi connectivity index (χ0) is 16.4. The summed E-state index contributed by atoms with van der Waals surface area (Å²) in [6.07, 6.45) is 6.84. The number of ether oxygens (including phenoxy) is 1. The monoisotopic (exact) mass is 302 g/mol. The van der Waals surface area contributed by atoms with Crippen LogP contribution in [0.1, 0.15) is 62.4 Å². The second-order valence-electron chi connectivity index (χ2n) is 5.59. The van der Waals surface area contributed by atoms with Crippen LogP contribution < -0.4 is 0 Å². The number of allylic oxidation sites excluding steroid dienone is 2. The van der Waals surface area contributed by atoms with Crippen LogP contribution in [0.5, 0.6) is 0 Å². The van der Waals surface area contributed by atoms with E-state index < -0.39 is 0 Å². The number of ketones is 1. The molecule has 1 aromatic carbocycles. The van der Waals surface area contributed by atoms with Gasteiger partial charge in [0.25, 0.3) is 0 Å². The normalized spacial score (nSPS) is 11.3. The van der Waals surface area contributed by atoms with Gasteiger partial charge in [0.05, 0.1) is 12.2 Å². The topological polar surface area (TPSA) is 43.4 Å². The average Bonchev–Trinajstić information content (AvgIpc) is 2.47. The number of unbranched alkanes of at least 4 members (excludes halogenated alkanes) is 2. The van der Waals surface area contributed by atoms with Crippen LogP contribution in [0, 0.1) is 0 Å². The first-order valence-corrected chi connectivity index (χ1v) is 7.94. The van der Waals surface area contributed by atoms with Gasteiger partial charge in [0.15, 0.2) is 0 Å². The molecule has 0 amide bonds. The Morgan fingerprint density at radius 3 is 2.36 bits per heavy atom. The van der Waals surface area contributed by atoms with Gasteiger partial charge in [0.2, 0.25) is 0 Å². The second kappa shape index (κ2) is 9.93. The minimum atomic E-state index is -0.271. The van der Waals surface area contributed by atoms with Crippen LogP contribution >= 0.6 is 0 Å². The fourth-order valence-electron chi connectivity index (χ4n) is 2.23. The SMILES string of the molecule is CCOC(=O)c1ccc(C/C(C)=C\CCCCC(C)=O)cc1. The van der Waals surface area contributed by atoms with E-state index in [0.717, 1.165) is 25.7 Å². The predicted octanol–water partition coefficient (Wildman–Crippen LogP) is 4.50. The van der Waals surface area contributed by atoms with Crippen LogP contribution in [-0.4, -0.2) is 18.4 Å². The second-order valence-corrected chi connectivity index (χ2v) is 5.59. The lowest BCUT2D eigenvalue weighted by Gasteiger charge is -2.05. The van der Waals surface area contributed by atoms with Crippen molar-refractivity contribution < 1.29 is 14.3 Å². The van der Waals surface area contributed by atoms with Crippen LogP contribution in [0.4, 0.5) is 0 Å². The minimum Gasteiger partial charge on any atom is -0.462 e. The van der Waals surface area contributed by atoms with E-state index in [2.05, 4.69) is 13.0 Å². The Morgan fingerprint density at radius 2 is 1.77 bits per heavy atom. The molecule has 0 N–H and O–H groups in total. The molecule has 0 atom stereocenters. The van der Waals surface area contributed by atoms with Gasteiger partial charge in [-0.25, -0.2) is 4.79 Å². The quantitative estimate of drug-likeness (QED) is 0.383. The fraction of sp³-hybridized carbons (Fsp3) is 0.474. The molecule has 0 radical (unpaired) electrons. The molecule has 0 heterocycles. The summed E-state index contributed by atoms with van der Waals surface area (Å²) in [5, 5.41) is 0. The van der Waals surface area contributed by atoms with Crippen molar-refractivity contribution in [1.82, 2.24) is 0 Å². The first kappa shape index (κ1) is 18.1. The first-order valence-electron chi connectivity index (χ1n) is 7.94. The molecule has 0 aliphatic carbocycles. The molecule has 0 fully saturated rings. The Balaban J connectivity index is 2.42. The molecule has 1 rings (SSSR count). The third-order valence-corrected chi connectivity index (χ3v) is 3.42. The van der Waals surface area contributed by atoms with Crippen LogP contribution in [0.15, 0.2) is 35.9 Å². The van der Waals surface area contributed by atoms with Crippen LogP contribution in [0.3, 0.4) is 0 Å². The standard InChI is InChI=1S/C19H26O3/c1-4-22-19(21)18-12-10-17(11-13-18)14-15(2)8-6-5-7-9-16(3)20/h8,10-13H,4-7,9,14H2,1-3H3/b15-8-. The van der Waals surface area contributed by atoms with E-state index >= 15 is 0 Å². The molecule has 0 saturated carbocycles. The number of carbonyl (C=O) groups is 2. The third kappa shape index (κ3) is 7.21. The number of benzene rings is 1. The molecular weight excluding hydrogens is 276 g/mol. The highest BCUT2D eigenvalue weighted by atomic mass is 16.5. The van der Waals surface area contributed by atoms with E-state index in [9.17, 15) is 9.59 Å². The Morgan fingerprint density at radius 1 is 1.09 bits per heavy atom. The van der Waals surface area contributed by atoms with Gasteiger partial charge in [-0.3, -0.25) is 0 Å². The molecule has 3 nitrogen and oxygen atoms in total. The van der Waals surface area contributed by atoms with Crippen molar-refractivity contribution in [2.75, 3.05) is 6.61 Å². The maximum atomic E-state index is 11.6. The van der Waals surface area contributed by atoms with Crippen molar-refractivity contribution in [3.63, 3.8) is 0 Å². The van der Waals surface area contributed by atoms with Crippen molar-refractivity contribution in [1.29, 1.82) is 0 Å². The summed E-state index contributed by atoms with van der Waals surface area (Å²) < 4.78 is 4.97. The van der Waals surface area contributed by atoms with Gasteiger partial charge < -0.3 is 9.53 Å². The minimum absolute atomic E-state index is 0.266. The molecule has 0 aromatic heterocycles. The van der Waals surface area contributed by atoms with Gasteiger partial charge in [0.1, 0.15) is 5.78 Å². The molecule has 0 saturated heterocycles. The molecule has 0 aliphatic heterocycles. The fourth-order valence-corrected chi connectivity index (χ4v) is 2.23. The van der Waals surface area contributed by atoms with E-state index in [4.69, 9.17) is 4.74 Å². The number of rotatable bonds is 9. The van der Waals surface area contributed by atoms with Crippen LogP contribution in [-0.2, 0) is 16.0 Å². The molecule has 1 aromatic rings. The Kier molecular flexibility index (Phi) is 8.19. The van der Waals surface area contributed by atoms with Gasteiger partial charge in [-0.05, 0) is 64.2 Å². The maximum absolute atomic E-state index is 11.6. The maximum Gasteiger partial charge on any atom is 0.338 e. The zero-order valence-electron chi connectivity index (χ0n) is 13.9. The first-order chi connectivity index (χ1) is 10.5. The van der Waals surface area contributed by atoms with Crippen molar-refractivity contribution in [3.8, 4) is 0 Å². The largest absolute Gasteiger partial charge is 0.462 e. The molecule has 0 spiro atoms. The van der Waals surface area contributed by atoms with E-state index in [1.807, 2.05) is 24.3 Å². The molecule has 0 unspecified atom stereocenters. The van der Waals surface area contributed by atoms with Crippen LogP contribution in [0.25, 0.3) is 0 Å². The van der Waals surface area contributed by atoms with Gasteiger partial charge in [-0.1, -0.05) is 23.8 Å². The van der Waals surface area contributed by atoms with Crippen molar-refractivity contribution >= 4 is 11.8 Å². The molecule has 120 valence electrons. The zero-order valence-corrected chi connectivity index (χ0v) is 13.9. The lowest BCUT2D eigenvalue weighted by Crippen LogP contribution is -2.04. The van der Waals surface area contributed by atoms with Crippen LogP contribution in [0.2, 0.25) is 0 Å². The number of Topliss-reactive ketones (excluding diaryl/α,β-unsaturated/α-hetero) is 1. The summed E-state index contributed by atoms with van der Waals surface area (Å²) in [6.45, 7) is 5.95. The summed E-state index contributed by atoms with van der Waals surface area (Å²) in [4.78, 5) is 22.4. The third-order valence-electron chi connectivity index (χ3n) is 3.42. The number of esters is 1. The number of hydrogen-bond acceptors (Lipinski definition) is 3. The Hall–Kier alpha value is -1.90. The lowest BCUT2D eigenvalue weighted by molar-refractivity contribution is -0.117. The van der Waals surface area contributed by atoms with Crippen molar-refractivity contribution in [2.45, 2.75) is 52.9 Å². The molecule has 0 aliphatic rings. The van der Waals surface area contributed by atoms with E-state index in [1.54, 1.807) is 13.8 Å². The lowest BCUT2D eigenvalue weighted by atomic mass is 10.0. The van der Waals surface area contributed by atoms with Gasteiger partial charge in [0, 0.05) is 6.42 Å². The Bertz CT molecular complexity index is 512. The van der Waals surface area contributed by atoms with E-state index in [1.165, 1.54) is 11.1 Å². The highest BCUT2D eigenvalue weighted by Gasteiger charge is 2.05. The molecule has 0 bridgehead atoms. The van der Waals surface area contributed by atoms with Crippen molar-refractivity contribution in [3.05, 3.63) is 47.0 Å². The summed E-state index contributed by atoms with van der Waals surface area (Å²) in [5.41, 5.74) is 3.09.